The first-order valence-electron chi connectivity index (χ1n) is 6.03. The average Bonchev–Trinajstić information content (AvgIpc) is 2.81. The van der Waals surface area contributed by atoms with Gasteiger partial charge in [0.1, 0.15) is 6.07 Å². The van der Waals surface area contributed by atoms with E-state index in [1.54, 1.807) is 0 Å². The van der Waals surface area contributed by atoms with Crippen molar-refractivity contribution in [3.8, 4) is 11.8 Å². The van der Waals surface area contributed by atoms with Crippen LogP contribution in [0.4, 0.5) is 0 Å². The minimum Gasteiger partial charge on any atom is -0.300 e. The maximum absolute atomic E-state index is 9.17. The molecule has 0 fully saturated rings. The average molecular weight is 238 g/mol. The molecule has 2 aromatic rings. The van der Waals surface area contributed by atoms with Crippen LogP contribution in [0.3, 0.4) is 0 Å². The molecule has 1 aromatic carbocycles. The van der Waals surface area contributed by atoms with Crippen LogP contribution >= 0.6 is 0 Å². The lowest BCUT2D eigenvalue weighted by atomic mass is 10.1. The maximum Gasteiger partial charge on any atom is 0.101 e. The fraction of sp³-hybridized carbons (Fsp3) is 0.286. The van der Waals surface area contributed by atoms with Crippen molar-refractivity contribution >= 4 is 0 Å². The van der Waals surface area contributed by atoms with Crippen LogP contribution in [-0.4, -0.2) is 28.3 Å². The molecule has 0 N–H and O–H groups in total. The highest BCUT2D eigenvalue weighted by Gasteiger charge is 2.19. The zero-order valence-electron chi connectivity index (χ0n) is 10.3. The number of aromatic nitrogens is 2. The Balaban J connectivity index is 2.13. The first kappa shape index (κ1) is 11.0. The van der Waals surface area contributed by atoms with Gasteiger partial charge in [-0.25, -0.2) is 4.68 Å². The second kappa shape index (κ2) is 4.28. The van der Waals surface area contributed by atoms with Crippen LogP contribution in [0.2, 0.25) is 0 Å². The van der Waals surface area contributed by atoms with E-state index in [0.29, 0.717) is 5.56 Å². The Morgan fingerprint density at radius 3 is 3.00 bits per heavy atom. The SMILES string of the molecule is CN1CCc2cnn(-c3ccccc3C#N)c2C1. The van der Waals surface area contributed by atoms with Crippen LogP contribution in [0.1, 0.15) is 16.8 Å². The third-order valence-electron chi connectivity index (χ3n) is 3.39. The third kappa shape index (κ3) is 1.69. The lowest BCUT2D eigenvalue weighted by molar-refractivity contribution is 0.305. The van der Waals surface area contributed by atoms with Crippen molar-refractivity contribution in [1.82, 2.24) is 14.7 Å². The van der Waals surface area contributed by atoms with E-state index in [2.05, 4.69) is 23.1 Å². The Morgan fingerprint density at radius 1 is 1.33 bits per heavy atom. The van der Waals surface area contributed by atoms with Gasteiger partial charge in [0.05, 0.1) is 23.1 Å². The summed E-state index contributed by atoms with van der Waals surface area (Å²) in [6.07, 6.45) is 2.96. The van der Waals surface area contributed by atoms with E-state index in [-0.39, 0.29) is 0 Å². The quantitative estimate of drug-likeness (QED) is 0.760. The molecule has 0 unspecified atom stereocenters. The summed E-state index contributed by atoms with van der Waals surface area (Å²) in [6.45, 7) is 1.95. The molecule has 1 aliphatic rings. The molecule has 0 saturated heterocycles. The van der Waals surface area contributed by atoms with Gasteiger partial charge in [-0.2, -0.15) is 10.4 Å². The Labute approximate surface area is 106 Å². The molecule has 2 heterocycles. The Kier molecular flexibility index (Phi) is 2.62. The van der Waals surface area contributed by atoms with Gasteiger partial charge in [-0.1, -0.05) is 12.1 Å². The molecule has 1 aliphatic heterocycles. The van der Waals surface area contributed by atoms with E-state index < -0.39 is 0 Å². The number of hydrogen-bond acceptors (Lipinski definition) is 3. The highest BCUT2D eigenvalue weighted by atomic mass is 15.3. The van der Waals surface area contributed by atoms with Gasteiger partial charge in [-0.15, -0.1) is 0 Å². The smallest absolute Gasteiger partial charge is 0.101 e. The summed E-state index contributed by atoms with van der Waals surface area (Å²) in [5.74, 6) is 0. The molecule has 0 bridgehead atoms. The largest absolute Gasteiger partial charge is 0.300 e. The van der Waals surface area contributed by atoms with E-state index in [4.69, 9.17) is 0 Å². The van der Waals surface area contributed by atoms with Crippen LogP contribution in [-0.2, 0) is 13.0 Å². The summed E-state index contributed by atoms with van der Waals surface area (Å²) < 4.78 is 1.91. The van der Waals surface area contributed by atoms with Crippen molar-refractivity contribution in [3.05, 3.63) is 47.3 Å². The van der Waals surface area contributed by atoms with Gasteiger partial charge >= 0.3 is 0 Å². The van der Waals surface area contributed by atoms with E-state index in [1.165, 1.54) is 11.3 Å². The number of benzene rings is 1. The van der Waals surface area contributed by atoms with Gasteiger partial charge in [0.2, 0.25) is 0 Å². The summed E-state index contributed by atoms with van der Waals surface area (Å²) in [7, 11) is 2.11. The predicted molar refractivity (Wildman–Crippen MR) is 68.3 cm³/mol. The lowest BCUT2D eigenvalue weighted by Gasteiger charge is -2.23. The number of para-hydroxylation sites is 1. The standard InChI is InChI=1S/C14H14N4/c1-17-7-6-12-9-16-18(14(12)10-17)13-5-3-2-4-11(13)8-15/h2-5,9H,6-7,10H2,1H3. The molecule has 3 rings (SSSR count). The molecule has 90 valence electrons. The normalized spacial score (nSPS) is 15.1. The molecule has 1 aromatic heterocycles. The van der Waals surface area contributed by atoms with Crippen molar-refractivity contribution in [2.75, 3.05) is 13.6 Å². The number of rotatable bonds is 1. The molecule has 0 radical (unpaired) electrons. The zero-order chi connectivity index (χ0) is 12.5. The summed E-state index contributed by atoms with van der Waals surface area (Å²) in [5, 5.41) is 13.6. The summed E-state index contributed by atoms with van der Waals surface area (Å²) >= 11 is 0. The first-order valence-corrected chi connectivity index (χ1v) is 6.03. The zero-order valence-corrected chi connectivity index (χ0v) is 10.3. The van der Waals surface area contributed by atoms with Gasteiger partial charge in [0, 0.05) is 13.1 Å². The molecule has 4 nitrogen and oxygen atoms in total. The summed E-state index contributed by atoms with van der Waals surface area (Å²) in [6, 6.07) is 9.82. The van der Waals surface area contributed by atoms with E-state index in [9.17, 15) is 5.26 Å². The number of likely N-dealkylation sites (N-methyl/N-ethyl adjacent to an activating group) is 1. The number of nitrogens with zero attached hydrogens (tertiary/aromatic N) is 4. The highest BCUT2D eigenvalue weighted by Crippen LogP contribution is 2.22. The Morgan fingerprint density at radius 2 is 2.17 bits per heavy atom. The first-order chi connectivity index (χ1) is 8.79. The molecular formula is C14H14N4. The molecule has 4 heteroatoms. The van der Waals surface area contributed by atoms with E-state index in [1.807, 2.05) is 35.1 Å². The van der Waals surface area contributed by atoms with Gasteiger partial charge in [-0.05, 0) is 31.2 Å². The fourth-order valence-electron chi connectivity index (χ4n) is 2.39. The van der Waals surface area contributed by atoms with Gasteiger partial charge in [0.25, 0.3) is 0 Å². The second-order valence-electron chi connectivity index (χ2n) is 4.65. The van der Waals surface area contributed by atoms with Crippen molar-refractivity contribution in [2.45, 2.75) is 13.0 Å². The van der Waals surface area contributed by atoms with Crippen molar-refractivity contribution in [2.24, 2.45) is 0 Å². The Bertz CT molecular complexity index is 621. The van der Waals surface area contributed by atoms with Crippen LogP contribution in [0.15, 0.2) is 30.5 Å². The highest BCUT2D eigenvalue weighted by molar-refractivity contribution is 5.49. The summed E-state index contributed by atoms with van der Waals surface area (Å²) in [4.78, 5) is 2.27. The number of hydrogen-bond donors (Lipinski definition) is 0. The maximum atomic E-state index is 9.17. The number of nitriles is 1. The van der Waals surface area contributed by atoms with Crippen LogP contribution in [0.5, 0.6) is 0 Å². The van der Waals surface area contributed by atoms with Gasteiger partial charge in [-0.3, -0.25) is 0 Å². The predicted octanol–water partition coefficient (Wildman–Crippen LogP) is 1.73. The van der Waals surface area contributed by atoms with Crippen LogP contribution < -0.4 is 0 Å². The monoisotopic (exact) mass is 238 g/mol. The molecular weight excluding hydrogens is 224 g/mol. The molecule has 0 spiro atoms. The topological polar surface area (TPSA) is 44.9 Å². The molecule has 0 amide bonds. The van der Waals surface area contributed by atoms with E-state index >= 15 is 0 Å². The fourth-order valence-corrected chi connectivity index (χ4v) is 2.39. The van der Waals surface area contributed by atoms with E-state index in [0.717, 1.165) is 25.2 Å². The van der Waals surface area contributed by atoms with Gasteiger partial charge in [0.15, 0.2) is 0 Å². The second-order valence-corrected chi connectivity index (χ2v) is 4.65. The van der Waals surface area contributed by atoms with Crippen molar-refractivity contribution < 1.29 is 0 Å². The van der Waals surface area contributed by atoms with Crippen LogP contribution in [0.25, 0.3) is 5.69 Å². The van der Waals surface area contributed by atoms with Crippen molar-refractivity contribution in [1.29, 1.82) is 5.26 Å². The number of fused-ring (bicyclic) bond motifs is 1. The van der Waals surface area contributed by atoms with Crippen LogP contribution in [0, 0.1) is 11.3 Å². The van der Waals surface area contributed by atoms with Gasteiger partial charge < -0.3 is 4.90 Å². The minimum atomic E-state index is 0.664. The lowest BCUT2D eigenvalue weighted by Crippen LogP contribution is -2.27. The molecule has 0 atom stereocenters. The minimum absolute atomic E-state index is 0.664. The molecule has 0 aliphatic carbocycles. The summed E-state index contributed by atoms with van der Waals surface area (Å²) in [5.41, 5.74) is 4.03. The molecule has 0 saturated carbocycles. The van der Waals surface area contributed by atoms with Crippen molar-refractivity contribution in [3.63, 3.8) is 0 Å². The third-order valence-corrected chi connectivity index (χ3v) is 3.39. The Hall–Kier alpha value is -2.12. The molecule has 18 heavy (non-hydrogen) atoms.